The van der Waals surface area contributed by atoms with Gasteiger partial charge >= 0.3 is 0 Å². The highest BCUT2D eigenvalue weighted by molar-refractivity contribution is 5.68. The van der Waals surface area contributed by atoms with E-state index in [2.05, 4.69) is 25.6 Å². The van der Waals surface area contributed by atoms with Crippen molar-refractivity contribution >= 4 is 17.5 Å². The molecule has 0 aliphatic carbocycles. The standard InChI is InChI=1S/C20H20FN7/c1-28(2)11-10-24-20-26-18(17-7-3-4-9-23-17)12-19(27-20)25-16-8-5-6-15(21)14(16)13-22/h3-9,12H,10-11H2,1-2H3,(H2,24,25,26,27). The highest BCUT2D eigenvalue weighted by atomic mass is 19.1. The second-order valence-corrected chi connectivity index (χ2v) is 6.31. The Labute approximate surface area is 162 Å². The van der Waals surface area contributed by atoms with E-state index < -0.39 is 5.82 Å². The fourth-order valence-electron chi connectivity index (χ4n) is 2.51. The molecule has 3 rings (SSSR count). The van der Waals surface area contributed by atoms with Crippen molar-refractivity contribution in [3.8, 4) is 17.5 Å². The number of likely N-dealkylation sites (N-methyl/N-ethyl adjacent to an activating group) is 1. The zero-order valence-electron chi connectivity index (χ0n) is 15.6. The van der Waals surface area contributed by atoms with Crippen LogP contribution in [0.25, 0.3) is 11.4 Å². The smallest absolute Gasteiger partial charge is 0.225 e. The van der Waals surface area contributed by atoms with E-state index >= 15 is 0 Å². The van der Waals surface area contributed by atoms with Crippen molar-refractivity contribution in [1.29, 1.82) is 5.26 Å². The molecule has 0 radical (unpaired) electrons. The lowest BCUT2D eigenvalue weighted by molar-refractivity contribution is 0.425. The van der Waals surface area contributed by atoms with E-state index in [0.29, 0.717) is 35.4 Å². The Balaban J connectivity index is 1.95. The molecular formula is C20H20FN7. The molecule has 0 unspecified atom stereocenters. The lowest BCUT2D eigenvalue weighted by atomic mass is 10.2. The van der Waals surface area contributed by atoms with Crippen LogP contribution in [0, 0.1) is 17.1 Å². The molecular weight excluding hydrogens is 357 g/mol. The zero-order chi connectivity index (χ0) is 19.9. The summed E-state index contributed by atoms with van der Waals surface area (Å²) in [6.45, 7) is 1.46. The van der Waals surface area contributed by atoms with Crippen LogP contribution in [-0.2, 0) is 0 Å². The normalized spacial score (nSPS) is 10.5. The van der Waals surface area contributed by atoms with Crippen molar-refractivity contribution in [2.45, 2.75) is 0 Å². The van der Waals surface area contributed by atoms with Crippen LogP contribution in [-0.4, -0.2) is 47.0 Å². The van der Waals surface area contributed by atoms with E-state index in [9.17, 15) is 9.65 Å². The minimum absolute atomic E-state index is 0.0670. The molecule has 142 valence electrons. The zero-order valence-corrected chi connectivity index (χ0v) is 15.6. The van der Waals surface area contributed by atoms with Crippen LogP contribution < -0.4 is 10.6 Å². The van der Waals surface area contributed by atoms with Crippen LogP contribution in [0.3, 0.4) is 0 Å². The monoisotopic (exact) mass is 377 g/mol. The largest absolute Gasteiger partial charge is 0.353 e. The highest BCUT2D eigenvalue weighted by Crippen LogP contribution is 2.25. The average Bonchev–Trinajstić information content (AvgIpc) is 2.68. The summed E-state index contributed by atoms with van der Waals surface area (Å²) >= 11 is 0. The first-order valence-corrected chi connectivity index (χ1v) is 8.71. The molecule has 0 saturated heterocycles. The number of pyridine rings is 1. The third-order valence-corrected chi connectivity index (χ3v) is 3.88. The van der Waals surface area contributed by atoms with Crippen molar-refractivity contribution in [3.63, 3.8) is 0 Å². The van der Waals surface area contributed by atoms with Crippen molar-refractivity contribution < 1.29 is 4.39 Å². The number of anilines is 3. The first-order chi connectivity index (χ1) is 13.6. The second kappa shape index (κ2) is 8.88. The molecule has 0 bridgehead atoms. The summed E-state index contributed by atoms with van der Waals surface area (Å²) < 4.78 is 13.9. The topological polar surface area (TPSA) is 89.8 Å². The van der Waals surface area contributed by atoms with E-state index in [1.54, 1.807) is 18.3 Å². The summed E-state index contributed by atoms with van der Waals surface area (Å²) in [5.41, 5.74) is 1.57. The molecule has 1 aromatic carbocycles. The van der Waals surface area contributed by atoms with Crippen molar-refractivity contribution in [3.05, 3.63) is 60.0 Å². The van der Waals surface area contributed by atoms with Crippen LogP contribution in [0.5, 0.6) is 0 Å². The SMILES string of the molecule is CN(C)CCNc1nc(Nc2cccc(F)c2C#N)cc(-c2ccccn2)n1. The molecule has 2 heterocycles. The molecule has 2 N–H and O–H groups in total. The van der Waals surface area contributed by atoms with E-state index in [1.165, 1.54) is 12.1 Å². The maximum atomic E-state index is 13.9. The Morgan fingerprint density at radius 2 is 1.96 bits per heavy atom. The maximum absolute atomic E-state index is 13.9. The lowest BCUT2D eigenvalue weighted by Crippen LogP contribution is -2.21. The molecule has 0 spiro atoms. The van der Waals surface area contributed by atoms with Crippen LogP contribution in [0.4, 0.5) is 21.8 Å². The fraction of sp³-hybridized carbons (Fsp3) is 0.200. The Bertz CT molecular complexity index is 984. The quantitative estimate of drug-likeness (QED) is 0.653. The van der Waals surface area contributed by atoms with Gasteiger partial charge in [0.2, 0.25) is 5.95 Å². The van der Waals surface area contributed by atoms with Crippen LogP contribution in [0.2, 0.25) is 0 Å². The van der Waals surface area contributed by atoms with Crippen molar-refractivity contribution in [1.82, 2.24) is 19.9 Å². The Morgan fingerprint density at radius 1 is 1.11 bits per heavy atom. The summed E-state index contributed by atoms with van der Waals surface area (Å²) in [5, 5.41) is 15.4. The number of benzene rings is 1. The van der Waals surface area contributed by atoms with Gasteiger partial charge in [0, 0.05) is 25.4 Å². The molecule has 0 aliphatic heterocycles. The Hall–Kier alpha value is -3.57. The summed E-state index contributed by atoms with van der Waals surface area (Å²) in [5.74, 6) is 0.267. The number of hydrogen-bond donors (Lipinski definition) is 2. The minimum atomic E-state index is -0.587. The number of nitrogens with zero attached hydrogens (tertiary/aromatic N) is 5. The maximum Gasteiger partial charge on any atom is 0.225 e. The highest BCUT2D eigenvalue weighted by Gasteiger charge is 2.12. The Morgan fingerprint density at radius 3 is 2.68 bits per heavy atom. The number of hydrogen-bond acceptors (Lipinski definition) is 7. The number of halogens is 1. The Kier molecular flexibility index (Phi) is 6.09. The minimum Gasteiger partial charge on any atom is -0.353 e. The predicted molar refractivity (Wildman–Crippen MR) is 107 cm³/mol. The van der Waals surface area contributed by atoms with E-state index in [4.69, 9.17) is 0 Å². The van der Waals surface area contributed by atoms with Gasteiger partial charge in [-0.2, -0.15) is 10.2 Å². The molecule has 3 aromatic rings. The van der Waals surface area contributed by atoms with Crippen LogP contribution in [0.15, 0.2) is 48.7 Å². The number of nitrogens with one attached hydrogen (secondary N) is 2. The van der Waals surface area contributed by atoms with Gasteiger partial charge in [-0.05, 0) is 38.4 Å². The number of rotatable bonds is 7. The molecule has 0 fully saturated rings. The van der Waals surface area contributed by atoms with Gasteiger partial charge in [-0.25, -0.2) is 9.37 Å². The van der Waals surface area contributed by atoms with Gasteiger partial charge in [0.25, 0.3) is 0 Å². The molecule has 7 nitrogen and oxygen atoms in total. The van der Waals surface area contributed by atoms with Crippen molar-refractivity contribution in [2.75, 3.05) is 37.8 Å². The summed E-state index contributed by atoms with van der Waals surface area (Å²) in [6, 6.07) is 13.5. The summed E-state index contributed by atoms with van der Waals surface area (Å²) in [4.78, 5) is 15.3. The van der Waals surface area contributed by atoms with Gasteiger partial charge in [0.1, 0.15) is 23.3 Å². The first-order valence-electron chi connectivity index (χ1n) is 8.71. The third kappa shape index (κ3) is 4.78. The molecule has 0 aliphatic rings. The molecule has 0 amide bonds. The summed E-state index contributed by atoms with van der Waals surface area (Å²) in [7, 11) is 3.96. The van der Waals surface area contributed by atoms with E-state index in [1.807, 2.05) is 43.3 Å². The predicted octanol–water partition coefficient (Wildman–Crippen LogP) is 3.27. The average molecular weight is 377 g/mol. The van der Waals surface area contributed by atoms with Gasteiger partial charge < -0.3 is 15.5 Å². The van der Waals surface area contributed by atoms with Gasteiger partial charge in [0.05, 0.1) is 17.1 Å². The first kappa shape index (κ1) is 19.2. The van der Waals surface area contributed by atoms with Crippen LogP contribution in [0.1, 0.15) is 5.56 Å². The molecule has 0 saturated carbocycles. The molecule has 2 aromatic heterocycles. The van der Waals surface area contributed by atoms with Gasteiger partial charge in [-0.3, -0.25) is 4.98 Å². The van der Waals surface area contributed by atoms with Crippen molar-refractivity contribution in [2.24, 2.45) is 0 Å². The van der Waals surface area contributed by atoms with Crippen LogP contribution >= 0.6 is 0 Å². The van der Waals surface area contributed by atoms with E-state index in [-0.39, 0.29) is 5.56 Å². The molecule has 0 atom stereocenters. The van der Waals surface area contributed by atoms with Gasteiger partial charge in [-0.1, -0.05) is 12.1 Å². The number of aromatic nitrogens is 3. The second-order valence-electron chi connectivity index (χ2n) is 6.31. The fourth-order valence-corrected chi connectivity index (χ4v) is 2.51. The van der Waals surface area contributed by atoms with E-state index in [0.717, 1.165) is 6.54 Å². The van der Waals surface area contributed by atoms with Gasteiger partial charge in [0.15, 0.2) is 0 Å². The molecule has 8 heteroatoms. The molecule has 28 heavy (non-hydrogen) atoms. The summed E-state index contributed by atoms with van der Waals surface area (Å²) in [6.07, 6.45) is 1.68. The third-order valence-electron chi connectivity index (χ3n) is 3.88. The van der Waals surface area contributed by atoms with Gasteiger partial charge in [-0.15, -0.1) is 0 Å². The number of nitriles is 1. The lowest BCUT2D eigenvalue weighted by Gasteiger charge is -2.13.